The Bertz CT molecular complexity index is 507. The van der Waals surface area contributed by atoms with E-state index in [-0.39, 0.29) is 23.6 Å². The van der Waals surface area contributed by atoms with Crippen molar-refractivity contribution in [3.63, 3.8) is 0 Å². The van der Waals surface area contributed by atoms with E-state index in [0.717, 1.165) is 4.47 Å². The Morgan fingerprint density at radius 2 is 2.00 bits per heavy atom. The first-order chi connectivity index (χ1) is 7.44. The van der Waals surface area contributed by atoms with Gasteiger partial charge in [-0.2, -0.15) is 0 Å². The molecule has 0 aromatic carbocycles. The summed E-state index contributed by atoms with van der Waals surface area (Å²) < 4.78 is 25.1. The van der Waals surface area contributed by atoms with Gasteiger partial charge in [0.2, 0.25) is 0 Å². The van der Waals surface area contributed by atoms with Gasteiger partial charge in [0.25, 0.3) is 5.56 Å². The van der Waals surface area contributed by atoms with Crippen molar-refractivity contribution in [1.29, 1.82) is 0 Å². The van der Waals surface area contributed by atoms with Crippen molar-refractivity contribution in [2.45, 2.75) is 19.9 Å². The van der Waals surface area contributed by atoms with Gasteiger partial charge in [0.1, 0.15) is 0 Å². The Hall–Kier alpha value is -0.620. The quantitative estimate of drug-likeness (QED) is 0.827. The van der Waals surface area contributed by atoms with Gasteiger partial charge in [-0.05, 0) is 28.4 Å². The average molecular weight is 308 g/mol. The molecule has 90 valence electrons. The van der Waals surface area contributed by atoms with Crippen LogP contribution < -0.4 is 5.56 Å². The summed E-state index contributed by atoms with van der Waals surface area (Å²) in [7, 11) is -3.03. The minimum atomic E-state index is -3.03. The molecule has 0 saturated carbocycles. The molecule has 0 atom stereocenters. The van der Waals surface area contributed by atoms with Crippen LogP contribution in [0.2, 0.25) is 0 Å². The highest BCUT2D eigenvalue weighted by molar-refractivity contribution is 9.10. The molecule has 0 amide bonds. The predicted octanol–water partition coefficient (Wildman–Crippen LogP) is 1.44. The van der Waals surface area contributed by atoms with E-state index in [1.54, 1.807) is 12.3 Å². The normalized spacial score (nSPS) is 11.6. The minimum Gasteiger partial charge on any atom is -0.313 e. The Balaban J connectivity index is 2.75. The van der Waals surface area contributed by atoms with E-state index in [4.69, 9.17) is 0 Å². The molecule has 1 aromatic rings. The van der Waals surface area contributed by atoms with Gasteiger partial charge in [-0.15, -0.1) is 0 Å². The molecule has 0 radical (unpaired) electrons. The lowest BCUT2D eigenvalue weighted by molar-refractivity contribution is 0.585. The van der Waals surface area contributed by atoms with Crippen molar-refractivity contribution in [2.24, 2.45) is 0 Å². The zero-order valence-corrected chi connectivity index (χ0v) is 11.4. The van der Waals surface area contributed by atoms with Crippen LogP contribution in [0.25, 0.3) is 0 Å². The Morgan fingerprint density at radius 1 is 1.31 bits per heavy atom. The molecule has 0 aliphatic heterocycles. The molecule has 6 heteroatoms. The first kappa shape index (κ1) is 13.4. The topological polar surface area (TPSA) is 56.1 Å². The number of rotatable bonds is 5. The first-order valence-electron chi connectivity index (χ1n) is 5.01. The molecule has 1 aromatic heterocycles. The second kappa shape index (κ2) is 5.63. The van der Waals surface area contributed by atoms with E-state index >= 15 is 0 Å². The molecule has 0 aliphatic carbocycles. The SMILES string of the molecule is CCCS(=O)(=O)CCn1cc(Br)ccc1=O. The van der Waals surface area contributed by atoms with Crippen LogP contribution in [0.15, 0.2) is 27.6 Å². The molecule has 1 rings (SSSR count). The average Bonchev–Trinajstić information content (AvgIpc) is 2.19. The first-order valence-corrected chi connectivity index (χ1v) is 7.62. The summed E-state index contributed by atoms with van der Waals surface area (Å²) in [6.07, 6.45) is 2.21. The third kappa shape index (κ3) is 4.09. The maximum Gasteiger partial charge on any atom is 0.250 e. The molecule has 16 heavy (non-hydrogen) atoms. The van der Waals surface area contributed by atoms with Gasteiger partial charge in [0, 0.05) is 29.0 Å². The van der Waals surface area contributed by atoms with E-state index in [1.165, 1.54) is 10.6 Å². The summed E-state index contributed by atoms with van der Waals surface area (Å²) in [6, 6.07) is 3.05. The molecule has 0 unspecified atom stereocenters. The van der Waals surface area contributed by atoms with Crippen LogP contribution in [-0.4, -0.2) is 24.5 Å². The van der Waals surface area contributed by atoms with Gasteiger partial charge in [-0.1, -0.05) is 6.92 Å². The van der Waals surface area contributed by atoms with Crippen LogP contribution >= 0.6 is 15.9 Å². The number of pyridine rings is 1. The Labute approximate surface area is 103 Å². The highest BCUT2D eigenvalue weighted by atomic mass is 79.9. The number of hydrogen-bond donors (Lipinski definition) is 0. The third-order valence-corrected chi connectivity index (χ3v) is 4.41. The zero-order valence-electron chi connectivity index (χ0n) is 9.02. The van der Waals surface area contributed by atoms with Crippen LogP contribution in [0.4, 0.5) is 0 Å². The minimum absolute atomic E-state index is 0.0111. The molecule has 0 N–H and O–H groups in total. The molecule has 0 saturated heterocycles. The summed E-state index contributed by atoms with van der Waals surface area (Å²) >= 11 is 3.24. The van der Waals surface area contributed by atoms with E-state index in [2.05, 4.69) is 15.9 Å². The van der Waals surface area contributed by atoms with Crippen LogP contribution in [0.1, 0.15) is 13.3 Å². The molecule has 0 aliphatic rings. The summed E-state index contributed by atoms with van der Waals surface area (Å²) in [5, 5.41) is 0. The molecule has 0 fully saturated rings. The van der Waals surface area contributed by atoms with Crippen LogP contribution in [0.3, 0.4) is 0 Å². The van der Waals surface area contributed by atoms with Crippen molar-refractivity contribution in [1.82, 2.24) is 4.57 Å². The van der Waals surface area contributed by atoms with Crippen molar-refractivity contribution in [3.8, 4) is 0 Å². The number of sulfone groups is 1. The third-order valence-electron chi connectivity index (χ3n) is 2.11. The van der Waals surface area contributed by atoms with Gasteiger partial charge in [-0.3, -0.25) is 4.79 Å². The highest BCUT2D eigenvalue weighted by Crippen LogP contribution is 2.05. The number of halogens is 1. The lowest BCUT2D eigenvalue weighted by Gasteiger charge is -2.06. The highest BCUT2D eigenvalue weighted by Gasteiger charge is 2.09. The largest absolute Gasteiger partial charge is 0.313 e. The molecule has 4 nitrogen and oxygen atoms in total. The summed E-state index contributed by atoms with van der Waals surface area (Å²) in [4.78, 5) is 11.4. The lowest BCUT2D eigenvalue weighted by Crippen LogP contribution is -2.23. The number of aromatic nitrogens is 1. The molecular formula is C10H14BrNO3S. The fourth-order valence-electron chi connectivity index (χ4n) is 1.33. The standard InChI is InChI=1S/C10H14BrNO3S/c1-2-6-16(14,15)7-5-12-8-9(11)3-4-10(12)13/h3-4,8H,2,5-7H2,1H3. The van der Waals surface area contributed by atoms with Crippen molar-refractivity contribution in [2.75, 3.05) is 11.5 Å². The zero-order chi connectivity index (χ0) is 12.2. The number of hydrogen-bond acceptors (Lipinski definition) is 3. The molecule has 1 heterocycles. The van der Waals surface area contributed by atoms with Gasteiger partial charge >= 0.3 is 0 Å². The fourth-order valence-corrected chi connectivity index (χ4v) is 3.01. The van der Waals surface area contributed by atoms with Crippen molar-refractivity contribution in [3.05, 3.63) is 33.2 Å². The van der Waals surface area contributed by atoms with Gasteiger partial charge in [-0.25, -0.2) is 8.42 Å². The smallest absolute Gasteiger partial charge is 0.250 e. The number of aryl methyl sites for hydroxylation is 1. The molecular weight excluding hydrogens is 294 g/mol. The van der Waals surface area contributed by atoms with Crippen molar-refractivity contribution < 1.29 is 8.42 Å². The van der Waals surface area contributed by atoms with Crippen LogP contribution in [-0.2, 0) is 16.4 Å². The van der Waals surface area contributed by atoms with Crippen LogP contribution in [0, 0.1) is 0 Å². The fraction of sp³-hybridized carbons (Fsp3) is 0.500. The second-order valence-electron chi connectivity index (χ2n) is 3.53. The second-order valence-corrected chi connectivity index (χ2v) is 6.75. The van der Waals surface area contributed by atoms with Gasteiger partial charge in [0.15, 0.2) is 9.84 Å². The van der Waals surface area contributed by atoms with Gasteiger partial charge in [0.05, 0.1) is 5.75 Å². The maximum absolute atomic E-state index is 11.5. The van der Waals surface area contributed by atoms with Crippen LogP contribution in [0.5, 0.6) is 0 Å². The van der Waals surface area contributed by atoms with E-state index < -0.39 is 9.84 Å². The summed E-state index contributed by atoms with van der Waals surface area (Å²) in [6.45, 7) is 2.03. The predicted molar refractivity (Wildman–Crippen MR) is 67.3 cm³/mol. The summed E-state index contributed by atoms with van der Waals surface area (Å²) in [5.41, 5.74) is -0.185. The maximum atomic E-state index is 11.5. The Morgan fingerprint density at radius 3 is 2.62 bits per heavy atom. The Kier molecular flexibility index (Phi) is 4.73. The van der Waals surface area contributed by atoms with E-state index in [1.807, 2.05) is 6.92 Å². The number of nitrogens with zero attached hydrogens (tertiary/aromatic N) is 1. The lowest BCUT2D eigenvalue weighted by atomic mass is 10.5. The monoisotopic (exact) mass is 307 g/mol. The van der Waals surface area contributed by atoms with Crippen molar-refractivity contribution >= 4 is 25.8 Å². The molecule has 0 bridgehead atoms. The summed E-state index contributed by atoms with van der Waals surface area (Å²) in [5.74, 6) is 0.187. The van der Waals surface area contributed by atoms with E-state index in [0.29, 0.717) is 6.42 Å². The van der Waals surface area contributed by atoms with E-state index in [9.17, 15) is 13.2 Å². The molecule has 0 spiro atoms. The van der Waals surface area contributed by atoms with Gasteiger partial charge < -0.3 is 4.57 Å².